The van der Waals surface area contributed by atoms with Crippen LogP contribution in [0.25, 0.3) is 0 Å². The monoisotopic (exact) mass is 404 g/mol. The number of amides is 2. The minimum absolute atomic E-state index is 0.00822. The highest BCUT2D eigenvalue weighted by Crippen LogP contribution is 2.26. The fourth-order valence-electron chi connectivity index (χ4n) is 3.20. The predicted molar refractivity (Wildman–Crippen MR) is 122 cm³/mol. The molecule has 0 atom stereocenters. The van der Waals surface area contributed by atoms with Crippen molar-refractivity contribution in [1.29, 1.82) is 0 Å². The largest absolute Gasteiger partial charge is 0.377 e. The van der Waals surface area contributed by atoms with E-state index in [0.29, 0.717) is 13.1 Å². The lowest BCUT2D eigenvalue weighted by atomic mass is 10.0. The molecule has 0 saturated carbocycles. The number of anilines is 2. The van der Waals surface area contributed by atoms with E-state index in [1.165, 1.54) is 0 Å². The van der Waals surface area contributed by atoms with E-state index in [1.807, 2.05) is 65.1 Å². The molecule has 0 spiro atoms. The lowest BCUT2D eigenvalue weighted by molar-refractivity contribution is -0.136. The Balaban J connectivity index is 3.22. The van der Waals surface area contributed by atoms with Gasteiger partial charge in [0.15, 0.2) is 0 Å². The molecular weight excluding hydrogens is 364 g/mol. The summed E-state index contributed by atoms with van der Waals surface area (Å²) in [7, 11) is 8.04. The van der Waals surface area contributed by atoms with Crippen LogP contribution in [0.1, 0.15) is 46.1 Å². The molecule has 1 aromatic carbocycles. The van der Waals surface area contributed by atoms with Crippen molar-refractivity contribution in [3.05, 3.63) is 23.8 Å². The highest BCUT2D eigenvalue weighted by atomic mass is 16.2. The van der Waals surface area contributed by atoms with Crippen molar-refractivity contribution < 1.29 is 9.59 Å². The van der Waals surface area contributed by atoms with Gasteiger partial charge in [-0.1, -0.05) is 27.7 Å². The van der Waals surface area contributed by atoms with E-state index >= 15 is 0 Å². The van der Waals surface area contributed by atoms with Crippen LogP contribution in [-0.4, -0.2) is 62.9 Å². The quantitative estimate of drug-likeness (QED) is 0.611. The van der Waals surface area contributed by atoms with Crippen LogP contribution >= 0.6 is 0 Å². The van der Waals surface area contributed by atoms with Crippen molar-refractivity contribution in [2.45, 2.75) is 47.1 Å². The van der Waals surface area contributed by atoms with E-state index < -0.39 is 0 Å². The lowest BCUT2D eigenvalue weighted by Crippen LogP contribution is -2.40. The molecule has 0 unspecified atom stereocenters. The van der Waals surface area contributed by atoms with E-state index in [0.717, 1.165) is 36.3 Å². The molecular formula is C23H40N4O2. The summed E-state index contributed by atoms with van der Waals surface area (Å²) in [6.45, 7) is 9.92. The number of carbonyl (C=O) groups is 2. The molecule has 0 aliphatic rings. The van der Waals surface area contributed by atoms with Gasteiger partial charge in [0, 0.05) is 56.9 Å². The van der Waals surface area contributed by atoms with Crippen LogP contribution in [0.2, 0.25) is 0 Å². The molecule has 0 bridgehead atoms. The van der Waals surface area contributed by atoms with Crippen molar-refractivity contribution in [1.82, 2.24) is 9.80 Å². The second-order valence-corrected chi connectivity index (χ2v) is 8.46. The van der Waals surface area contributed by atoms with Crippen LogP contribution in [-0.2, 0) is 16.1 Å². The molecule has 0 radical (unpaired) electrons. The average Bonchev–Trinajstić information content (AvgIpc) is 2.65. The molecule has 2 amide bonds. The molecule has 0 heterocycles. The molecule has 29 heavy (non-hydrogen) atoms. The van der Waals surface area contributed by atoms with Crippen molar-refractivity contribution in [3.63, 3.8) is 0 Å². The first kappa shape index (κ1) is 25.0. The van der Waals surface area contributed by atoms with Gasteiger partial charge in [-0.05, 0) is 50.7 Å². The number of nitrogens with zero attached hydrogens (tertiary/aromatic N) is 3. The fourth-order valence-corrected chi connectivity index (χ4v) is 3.20. The number of carbonyl (C=O) groups excluding carboxylic acids is 2. The second-order valence-electron chi connectivity index (χ2n) is 8.46. The first-order chi connectivity index (χ1) is 13.6. The van der Waals surface area contributed by atoms with Gasteiger partial charge in [-0.25, -0.2) is 0 Å². The molecule has 0 fully saturated rings. The molecule has 6 heteroatoms. The zero-order valence-electron chi connectivity index (χ0n) is 19.6. The van der Waals surface area contributed by atoms with Crippen LogP contribution in [0.3, 0.4) is 0 Å². The third-order valence-corrected chi connectivity index (χ3v) is 5.18. The molecule has 164 valence electrons. The summed E-state index contributed by atoms with van der Waals surface area (Å²) in [6, 6.07) is 5.93. The molecule has 0 saturated heterocycles. The Labute approximate surface area is 177 Å². The molecule has 0 aliphatic carbocycles. The van der Waals surface area contributed by atoms with E-state index in [9.17, 15) is 9.59 Å². The van der Waals surface area contributed by atoms with Crippen LogP contribution in [0, 0.1) is 11.8 Å². The standard InChI is InChI=1S/C23H40N4O2/c1-9-18(10-2)23(29)27(14-13-25(5)6)16-19-15-20(24-22(28)17(3)4)11-12-21(19)26(7)8/h11-12,15,17-18H,9-10,13-14,16H2,1-8H3,(H,24,28). The van der Waals surface area contributed by atoms with E-state index in [4.69, 9.17) is 0 Å². The maximum atomic E-state index is 13.2. The van der Waals surface area contributed by atoms with Crippen LogP contribution < -0.4 is 10.2 Å². The predicted octanol–water partition coefficient (Wildman–Crippen LogP) is 3.67. The number of rotatable bonds is 11. The number of hydrogen-bond donors (Lipinski definition) is 1. The Hall–Kier alpha value is -2.08. The highest BCUT2D eigenvalue weighted by molar-refractivity contribution is 5.92. The summed E-state index contributed by atoms with van der Waals surface area (Å²) in [5.41, 5.74) is 2.86. The van der Waals surface area contributed by atoms with Gasteiger partial charge in [0.2, 0.25) is 11.8 Å². The summed E-state index contributed by atoms with van der Waals surface area (Å²) in [6.07, 6.45) is 1.69. The maximum Gasteiger partial charge on any atom is 0.226 e. The Morgan fingerprint density at radius 3 is 2.10 bits per heavy atom. The third-order valence-electron chi connectivity index (χ3n) is 5.18. The summed E-state index contributed by atoms with van der Waals surface area (Å²) >= 11 is 0. The van der Waals surface area contributed by atoms with Gasteiger partial charge in [-0.2, -0.15) is 0 Å². The van der Waals surface area contributed by atoms with Gasteiger partial charge in [0.1, 0.15) is 0 Å². The van der Waals surface area contributed by atoms with Gasteiger partial charge < -0.3 is 20.0 Å². The third kappa shape index (κ3) is 7.69. The topological polar surface area (TPSA) is 55.9 Å². The summed E-state index contributed by atoms with van der Waals surface area (Å²) in [4.78, 5) is 31.4. The minimum atomic E-state index is -0.0833. The number of nitrogens with one attached hydrogen (secondary N) is 1. The van der Waals surface area contributed by atoms with Crippen molar-refractivity contribution >= 4 is 23.2 Å². The van der Waals surface area contributed by atoms with Crippen molar-refractivity contribution in [2.75, 3.05) is 51.5 Å². The fraction of sp³-hybridized carbons (Fsp3) is 0.652. The Morgan fingerprint density at radius 2 is 1.62 bits per heavy atom. The van der Waals surface area contributed by atoms with Gasteiger partial charge in [0.25, 0.3) is 0 Å². The molecule has 6 nitrogen and oxygen atoms in total. The second kappa shape index (κ2) is 11.8. The normalized spacial score (nSPS) is 11.3. The van der Waals surface area contributed by atoms with E-state index in [2.05, 4.69) is 29.0 Å². The number of benzene rings is 1. The van der Waals surface area contributed by atoms with Crippen LogP contribution in [0.15, 0.2) is 18.2 Å². The van der Waals surface area contributed by atoms with Gasteiger partial charge in [-0.3, -0.25) is 9.59 Å². The van der Waals surface area contributed by atoms with E-state index in [-0.39, 0.29) is 23.7 Å². The number of likely N-dealkylation sites (N-methyl/N-ethyl adjacent to an activating group) is 1. The minimum Gasteiger partial charge on any atom is -0.377 e. The first-order valence-electron chi connectivity index (χ1n) is 10.6. The zero-order chi connectivity index (χ0) is 22.1. The first-order valence-corrected chi connectivity index (χ1v) is 10.6. The highest BCUT2D eigenvalue weighted by Gasteiger charge is 2.23. The molecule has 1 rings (SSSR count). The SMILES string of the molecule is CCC(CC)C(=O)N(CCN(C)C)Cc1cc(NC(=O)C(C)C)ccc1N(C)C. The average molecular weight is 405 g/mol. The molecule has 0 aromatic heterocycles. The van der Waals surface area contributed by atoms with Crippen LogP contribution in [0.4, 0.5) is 11.4 Å². The zero-order valence-corrected chi connectivity index (χ0v) is 19.6. The Bertz CT molecular complexity index is 667. The lowest BCUT2D eigenvalue weighted by Gasteiger charge is -2.30. The van der Waals surface area contributed by atoms with Gasteiger partial charge >= 0.3 is 0 Å². The maximum absolute atomic E-state index is 13.2. The Kier molecular flexibility index (Phi) is 10.2. The smallest absolute Gasteiger partial charge is 0.226 e. The van der Waals surface area contributed by atoms with Gasteiger partial charge in [0.05, 0.1) is 0 Å². The van der Waals surface area contributed by atoms with Crippen LogP contribution in [0.5, 0.6) is 0 Å². The molecule has 0 aliphatic heterocycles. The van der Waals surface area contributed by atoms with Crippen molar-refractivity contribution in [2.24, 2.45) is 11.8 Å². The van der Waals surface area contributed by atoms with Gasteiger partial charge in [-0.15, -0.1) is 0 Å². The summed E-state index contributed by atoms with van der Waals surface area (Å²) < 4.78 is 0. The van der Waals surface area contributed by atoms with E-state index in [1.54, 1.807) is 0 Å². The number of hydrogen-bond acceptors (Lipinski definition) is 4. The summed E-state index contributed by atoms with van der Waals surface area (Å²) in [5.74, 6) is 0.160. The summed E-state index contributed by atoms with van der Waals surface area (Å²) in [5, 5.41) is 2.98. The van der Waals surface area contributed by atoms with Crippen molar-refractivity contribution in [3.8, 4) is 0 Å². The molecule has 1 aromatic rings. The Morgan fingerprint density at radius 1 is 1.00 bits per heavy atom. The molecule has 1 N–H and O–H groups in total.